The van der Waals surface area contributed by atoms with Crippen molar-refractivity contribution in [3.05, 3.63) is 71.1 Å². The Morgan fingerprint density at radius 3 is 2.56 bits per heavy atom. The zero-order valence-electron chi connectivity index (χ0n) is 22.5. The molecule has 1 aromatic carbocycles. The number of benzene rings is 1. The Bertz CT molecular complexity index is 1150. The SMILES string of the molecule is C=CC(=c1cc[nH]c1=CCC(C)C)C1CCCC(C(=O)Cc2ccc(F)cc2)C(C)CC2(CC1)CC2. The Balaban J connectivity index is 1.56. The van der Waals surface area contributed by atoms with Crippen molar-refractivity contribution in [3.63, 3.8) is 0 Å². The molecule has 0 aliphatic heterocycles. The first kappa shape index (κ1) is 26.6. The van der Waals surface area contributed by atoms with Gasteiger partial charge in [0, 0.05) is 29.1 Å². The minimum atomic E-state index is -0.248. The van der Waals surface area contributed by atoms with Crippen LogP contribution in [0, 0.1) is 34.9 Å². The van der Waals surface area contributed by atoms with Crippen LogP contribution in [0.2, 0.25) is 0 Å². The number of halogens is 1. The summed E-state index contributed by atoms with van der Waals surface area (Å²) in [6.45, 7) is 11.0. The second-order valence-electron chi connectivity index (χ2n) is 12.0. The van der Waals surface area contributed by atoms with Gasteiger partial charge in [-0.1, -0.05) is 58.1 Å². The van der Waals surface area contributed by atoms with E-state index in [0.717, 1.165) is 37.7 Å². The van der Waals surface area contributed by atoms with Crippen LogP contribution in [0.1, 0.15) is 84.1 Å². The minimum Gasteiger partial charge on any atom is -0.361 e. The molecule has 2 nitrogen and oxygen atoms in total. The molecule has 0 bridgehead atoms. The number of hydrogen-bond donors (Lipinski definition) is 1. The van der Waals surface area contributed by atoms with Crippen LogP contribution in [0.15, 0.2) is 49.2 Å². The van der Waals surface area contributed by atoms with Crippen molar-refractivity contribution in [1.82, 2.24) is 4.98 Å². The highest BCUT2D eigenvalue weighted by Crippen LogP contribution is 2.56. The molecule has 2 saturated carbocycles. The predicted octanol–water partition coefficient (Wildman–Crippen LogP) is 7.13. The molecule has 3 unspecified atom stereocenters. The third-order valence-corrected chi connectivity index (χ3v) is 8.74. The lowest BCUT2D eigenvalue weighted by atomic mass is 9.73. The number of H-pyrrole nitrogens is 1. The first-order valence-corrected chi connectivity index (χ1v) is 14.1. The van der Waals surface area contributed by atoms with Crippen molar-refractivity contribution in [2.75, 3.05) is 0 Å². The number of nitrogens with one attached hydrogen (secondary N) is 1. The number of ketones is 1. The third-order valence-electron chi connectivity index (χ3n) is 8.74. The van der Waals surface area contributed by atoms with E-state index in [0.29, 0.717) is 35.4 Å². The number of hydrogen-bond acceptors (Lipinski definition) is 1. The highest BCUT2D eigenvalue weighted by atomic mass is 19.1. The Morgan fingerprint density at radius 1 is 1.14 bits per heavy atom. The van der Waals surface area contributed by atoms with Crippen LogP contribution in [0.25, 0.3) is 11.6 Å². The summed E-state index contributed by atoms with van der Waals surface area (Å²) in [4.78, 5) is 16.9. The van der Waals surface area contributed by atoms with Crippen molar-refractivity contribution >= 4 is 17.4 Å². The molecule has 0 saturated heterocycles. The number of aromatic nitrogens is 1. The smallest absolute Gasteiger partial charge is 0.140 e. The van der Waals surface area contributed by atoms with Crippen LogP contribution in [0.3, 0.4) is 0 Å². The average Bonchev–Trinajstić information content (AvgIpc) is 3.44. The molecule has 1 heterocycles. The molecule has 2 aromatic rings. The zero-order valence-corrected chi connectivity index (χ0v) is 22.5. The van der Waals surface area contributed by atoms with Gasteiger partial charge in [0.15, 0.2) is 0 Å². The first-order valence-electron chi connectivity index (χ1n) is 14.1. The molecule has 1 aromatic heterocycles. The highest BCUT2D eigenvalue weighted by Gasteiger charge is 2.45. The quantitative estimate of drug-likeness (QED) is 0.441. The van der Waals surface area contributed by atoms with E-state index in [1.54, 1.807) is 12.1 Å². The van der Waals surface area contributed by atoms with E-state index in [-0.39, 0.29) is 11.7 Å². The van der Waals surface area contributed by atoms with E-state index in [1.807, 2.05) is 0 Å². The summed E-state index contributed by atoms with van der Waals surface area (Å²) < 4.78 is 13.4. The topological polar surface area (TPSA) is 32.9 Å². The summed E-state index contributed by atoms with van der Waals surface area (Å²) in [7, 11) is 0. The number of carbonyl (C=O) groups is 1. The van der Waals surface area contributed by atoms with Gasteiger partial charge in [-0.2, -0.15) is 0 Å². The molecule has 1 spiro atoms. The molecule has 0 radical (unpaired) electrons. The highest BCUT2D eigenvalue weighted by molar-refractivity contribution is 5.83. The van der Waals surface area contributed by atoms with Gasteiger partial charge in [-0.15, -0.1) is 0 Å². The van der Waals surface area contributed by atoms with Crippen LogP contribution in [0.4, 0.5) is 4.39 Å². The second-order valence-corrected chi connectivity index (χ2v) is 12.0. The maximum Gasteiger partial charge on any atom is 0.140 e. The lowest BCUT2D eigenvalue weighted by molar-refractivity contribution is -0.124. The molecule has 4 rings (SSSR count). The number of rotatable bonds is 7. The Morgan fingerprint density at radius 2 is 1.89 bits per heavy atom. The van der Waals surface area contributed by atoms with E-state index < -0.39 is 0 Å². The maximum atomic E-state index is 13.5. The molecule has 3 heteroatoms. The van der Waals surface area contributed by atoms with E-state index >= 15 is 0 Å². The van der Waals surface area contributed by atoms with E-state index in [9.17, 15) is 9.18 Å². The molecule has 1 N–H and O–H groups in total. The number of Topliss-reactive ketones (excluding diaryl/α,β-unsaturated/α-hetero) is 1. The Kier molecular flexibility index (Phi) is 8.70. The van der Waals surface area contributed by atoms with E-state index in [1.165, 1.54) is 54.0 Å². The third kappa shape index (κ3) is 6.66. The summed E-state index contributed by atoms with van der Waals surface area (Å²) in [6, 6.07) is 8.65. The van der Waals surface area contributed by atoms with Gasteiger partial charge in [0.25, 0.3) is 0 Å². The molecule has 2 aliphatic rings. The van der Waals surface area contributed by atoms with Crippen LogP contribution >= 0.6 is 0 Å². The summed E-state index contributed by atoms with van der Waals surface area (Å²) in [5.74, 6) is 1.67. The van der Waals surface area contributed by atoms with Gasteiger partial charge in [-0.05, 0) is 104 Å². The lowest BCUT2D eigenvalue weighted by Crippen LogP contribution is -2.29. The summed E-state index contributed by atoms with van der Waals surface area (Å²) in [6.07, 6.45) is 17.2. The Labute approximate surface area is 216 Å². The van der Waals surface area contributed by atoms with Crippen LogP contribution in [-0.2, 0) is 11.2 Å². The van der Waals surface area contributed by atoms with Crippen LogP contribution in [-0.4, -0.2) is 10.8 Å². The number of allylic oxidation sites excluding steroid dienone is 1. The van der Waals surface area contributed by atoms with Crippen molar-refractivity contribution in [1.29, 1.82) is 0 Å². The number of carbonyl (C=O) groups excluding carboxylic acids is 1. The molecule has 2 fully saturated rings. The van der Waals surface area contributed by atoms with Crippen molar-refractivity contribution in [2.45, 2.75) is 85.0 Å². The molecule has 3 atom stereocenters. The zero-order chi connectivity index (χ0) is 25.7. The first-order chi connectivity index (χ1) is 17.3. The summed E-state index contributed by atoms with van der Waals surface area (Å²) in [5.41, 5.74) is 2.70. The molecule has 194 valence electrons. The number of aromatic amines is 1. The normalized spacial score (nSPS) is 25.6. The van der Waals surface area contributed by atoms with Gasteiger partial charge in [-0.3, -0.25) is 4.79 Å². The monoisotopic (exact) mass is 489 g/mol. The maximum absolute atomic E-state index is 13.5. The fourth-order valence-corrected chi connectivity index (χ4v) is 6.43. The average molecular weight is 490 g/mol. The van der Waals surface area contributed by atoms with Crippen LogP contribution < -0.4 is 10.6 Å². The predicted molar refractivity (Wildman–Crippen MR) is 148 cm³/mol. The van der Waals surface area contributed by atoms with Crippen LogP contribution in [0.5, 0.6) is 0 Å². The van der Waals surface area contributed by atoms with Gasteiger partial charge in [0.2, 0.25) is 0 Å². The van der Waals surface area contributed by atoms with E-state index in [4.69, 9.17) is 0 Å². The lowest BCUT2D eigenvalue weighted by Gasteiger charge is -2.31. The fraction of sp³-hybridized carbons (Fsp3) is 0.545. The van der Waals surface area contributed by atoms with E-state index in [2.05, 4.69) is 56.7 Å². The summed E-state index contributed by atoms with van der Waals surface area (Å²) >= 11 is 0. The second kappa shape index (κ2) is 11.8. The summed E-state index contributed by atoms with van der Waals surface area (Å²) in [5, 5.41) is 2.52. The van der Waals surface area contributed by atoms with Gasteiger partial charge >= 0.3 is 0 Å². The molecular formula is C33H44FNO. The standard InChI is InChI=1S/C33H44FNO/c1-5-28(30-16-20-35-31(30)14-9-23(2)3)26-7-6-8-29(24(4)22-33(17-15-26)18-19-33)32(36)21-25-10-12-27(34)13-11-25/h5,10-14,16,20,23-24,26,29,35H,1,6-9,15,17-19,21-22H2,2-4H3. The van der Waals surface area contributed by atoms with Crippen molar-refractivity contribution < 1.29 is 9.18 Å². The molecule has 2 aliphatic carbocycles. The van der Waals surface area contributed by atoms with Crippen molar-refractivity contribution in [2.24, 2.45) is 29.1 Å². The molecule has 36 heavy (non-hydrogen) atoms. The largest absolute Gasteiger partial charge is 0.361 e. The fourth-order valence-electron chi connectivity index (χ4n) is 6.43. The van der Waals surface area contributed by atoms with Gasteiger partial charge < -0.3 is 4.98 Å². The van der Waals surface area contributed by atoms with Crippen molar-refractivity contribution in [3.8, 4) is 0 Å². The van der Waals surface area contributed by atoms with Gasteiger partial charge in [-0.25, -0.2) is 4.39 Å². The minimum absolute atomic E-state index is 0.0839. The van der Waals surface area contributed by atoms with Gasteiger partial charge in [0.05, 0.1) is 0 Å². The Hall–Kier alpha value is -2.42. The van der Waals surface area contributed by atoms with Gasteiger partial charge in [0.1, 0.15) is 11.6 Å². The molecular weight excluding hydrogens is 445 g/mol. The molecule has 0 amide bonds.